The van der Waals surface area contributed by atoms with E-state index in [0.29, 0.717) is 6.42 Å². The zero-order valence-electron chi connectivity index (χ0n) is 15.0. The van der Waals surface area contributed by atoms with E-state index in [-0.39, 0.29) is 65.7 Å². The molecule has 0 atom stereocenters. The smallest absolute Gasteiger partial charge is 0.790 e. The zero-order chi connectivity index (χ0) is 15.1. The van der Waals surface area contributed by atoms with E-state index >= 15 is 0 Å². The second-order valence-electron chi connectivity index (χ2n) is 5.52. The van der Waals surface area contributed by atoms with Crippen molar-refractivity contribution >= 4 is 7.82 Å². The molecule has 0 unspecified atom stereocenters. The van der Waals surface area contributed by atoms with Crippen LogP contribution in [0.4, 0.5) is 0 Å². The normalized spacial score (nSPS) is 10.9. The first kappa shape index (κ1) is 28.9. The number of hydrogen-bond donors (Lipinski definition) is 0. The van der Waals surface area contributed by atoms with Crippen molar-refractivity contribution in [2.45, 2.75) is 90.4 Å². The van der Waals surface area contributed by atoms with Crippen LogP contribution in [0, 0.1) is 0 Å². The molecule has 0 aliphatic rings. The molecule has 0 heterocycles. The van der Waals surface area contributed by atoms with Gasteiger partial charge >= 0.3 is 59.1 Å². The van der Waals surface area contributed by atoms with Crippen molar-refractivity contribution in [1.82, 2.24) is 0 Å². The first-order chi connectivity index (χ1) is 9.56. The Morgan fingerprint density at radius 3 is 1.32 bits per heavy atom. The van der Waals surface area contributed by atoms with Crippen molar-refractivity contribution in [2.24, 2.45) is 0 Å². The Kier molecular flexibility index (Phi) is 27.8. The molecular weight excluding hydrogens is 321 g/mol. The van der Waals surface area contributed by atoms with Crippen LogP contribution in [0.1, 0.15) is 90.4 Å². The molecule has 0 N–H and O–H groups in total. The van der Waals surface area contributed by atoms with Crippen LogP contribution in [-0.2, 0) is 9.09 Å². The van der Waals surface area contributed by atoms with Crippen molar-refractivity contribution in [1.29, 1.82) is 0 Å². The van der Waals surface area contributed by atoms with E-state index in [4.69, 9.17) is 0 Å². The molecule has 0 amide bonds. The van der Waals surface area contributed by atoms with Crippen LogP contribution in [0.25, 0.3) is 0 Å². The van der Waals surface area contributed by atoms with Crippen molar-refractivity contribution in [2.75, 3.05) is 6.61 Å². The molecule has 4 nitrogen and oxygen atoms in total. The summed E-state index contributed by atoms with van der Waals surface area (Å²) in [5.41, 5.74) is 0. The van der Waals surface area contributed by atoms with Crippen LogP contribution < -0.4 is 68.9 Å². The molecule has 0 saturated heterocycles. The third-order valence-electron chi connectivity index (χ3n) is 3.50. The summed E-state index contributed by atoms with van der Waals surface area (Å²) in [7, 11) is -4.75. The average molecular weight is 352 g/mol. The van der Waals surface area contributed by atoms with Crippen LogP contribution >= 0.6 is 7.82 Å². The van der Waals surface area contributed by atoms with Gasteiger partial charge in [-0.2, -0.15) is 0 Å². The third-order valence-corrected chi connectivity index (χ3v) is 4.00. The topological polar surface area (TPSA) is 72.4 Å². The van der Waals surface area contributed by atoms with Crippen molar-refractivity contribution < 1.29 is 78.0 Å². The Morgan fingerprint density at radius 1 is 0.682 bits per heavy atom. The van der Waals surface area contributed by atoms with Crippen molar-refractivity contribution in [3.8, 4) is 0 Å². The Hall–Kier alpha value is 2.11. The first-order valence-corrected chi connectivity index (χ1v) is 9.69. The molecule has 0 aromatic rings. The fraction of sp³-hybridized carbons (Fsp3) is 1.00. The average Bonchev–Trinajstić information content (AvgIpc) is 2.38. The van der Waals surface area contributed by atoms with E-state index in [2.05, 4.69) is 11.4 Å². The van der Waals surface area contributed by atoms with Crippen LogP contribution in [0.2, 0.25) is 0 Å². The summed E-state index contributed by atoms with van der Waals surface area (Å²) in [5, 5.41) is 0. The molecule has 0 aliphatic heterocycles. The van der Waals surface area contributed by atoms with E-state index in [9.17, 15) is 14.4 Å². The minimum Gasteiger partial charge on any atom is -0.790 e. The molecule has 0 aromatic carbocycles. The largest absolute Gasteiger partial charge is 1.00 e. The number of rotatable bonds is 15. The molecule has 122 valence electrons. The van der Waals surface area contributed by atoms with Crippen LogP contribution in [-0.4, -0.2) is 6.61 Å². The molecular formula is C15H31Na2O4P. The Balaban J connectivity index is -0.00000180. The van der Waals surface area contributed by atoms with E-state index in [0.717, 1.165) is 12.8 Å². The maximum Gasteiger partial charge on any atom is 1.00 e. The van der Waals surface area contributed by atoms with Gasteiger partial charge in [0.25, 0.3) is 0 Å². The molecule has 0 aromatic heterocycles. The van der Waals surface area contributed by atoms with E-state index < -0.39 is 7.82 Å². The van der Waals surface area contributed by atoms with Crippen LogP contribution in [0.3, 0.4) is 0 Å². The molecule has 0 spiro atoms. The molecule has 7 heteroatoms. The fourth-order valence-electron chi connectivity index (χ4n) is 2.30. The standard InChI is InChI=1S/C15H33O4P.2Na/c1-2-3-4-5-6-7-8-9-10-11-12-13-14-15-19-20(16,17)18;;/h2-15H2,1H3,(H2,16,17,18);;/q;2*+1/p-2. The molecule has 0 saturated carbocycles. The number of hydrogen-bond acceptors (Lipinski definition) is 4. The summed E-state index contributed by atoms with van der Waals surface area (Å²) in [4.78, 5) is 20.4. The number of phosphoric ester groups is 1. The summed E-state index contributed by atoms with van der Waals surface area (Å²) in [6, 6.07) is 0. The van der Waals surface area contributed by atoms with Crippen LogP contribution in [0.5, 0.6) is 0 Å². The van der Waals surface area contributed by atoms with E-state index in [1.807, 2.05) is 0 Å². The summed E-state index contributed by atoms with van der Waals surface area (Å²) < 4.78 is 14.4. The van der Waals surface area contributed by atoms with Gasteiger partial charge in [-0.25, -0.2) is 0 Å². The van der Waals surface area contributed by atoms with Gasteiger partial charge in [-0.05, 0) is 6.42 Å². The van der Waals surface area contributed by atoms with Crippen molar-refractivity contribution in [3.63, 3.8) is 0 Å². The summed E-state index contributed by atoms with van der Waals surface area (Å²) in [5.74, 6) is 0. The number of unbranched alkanes of at least 4 members (excludes halogenated alkanes) is 12. The second-order valence-corrected chi connectivity index (χ2v) is 6.68. The molecule has 0 fully saturated rings. The number of phosphoric acid groups is 1. The summed E-state index contributed by atoms with van der Waals surface area (Å²) in [6.07, 6.45) is 16.0. The minimum absolute atomic E-state index is 0. The van der Waals surface area contributed by atoms with Gasteiger partial charge in [0.1, 0.15) is 0 Å². The third kappa shape index (κ3) is 27.0. The maximum absolute atomic E-state index is 10.2. The van der Waals surface area contributed by atoms with E-state index in [1.165, 1.54) is 64.2 Å². The quantitative estimate of drug-likeness (QED) is 0.193. The van der Waals surface area contributed by atoms with Gasteiger partial charge in [0.05, 0.1) is 14.4 Å². The van der Waals surface area contributed by atoms with Gasteiger partial charge in [0.2, 0.25) is 0 Å². The maximum atomic E-state index is 10.2. The molecule has 0 bridgehead atoms. The van der Waals surface area contributed by atoms with Gasteiger partial charge in [0.15, 0.2) is 0 Å². The molecule has 0 aliphatic carbocycles. The second kappa shape index (κ2) is 21.2. The first-order valence-electron chi connectivity index (χ1n) is 8.23. The van der Waals surface area contributed by atoms with Crippen LogP contribution in [0.15, 0.2) is 0 Å². The van der Waals surface area contributed by atoms with Gasteiger partial charge in [-0.15, -0.1) is 0 Å². The zero-order valence-corrected chi connectivity index (χ0v) is 19.9. The van der Waals surface area contributed by atoms with Gasteiger partial charge in [0, 0.05) is 0 Å². The molecule has 0 radical (unpaired) electrons. The Labute approximate surface area is 181 Å². The van der Waals surface area contributed by atoms with Crippen molar-refractivity contribution in [3.05, 3.63) is 0 Å². The summed E-state index contributed by atoms with van der Waals surface area (Å²) in [6.45, 7) is 2.29. The summed E-state index contributed by atoms with van der Waals surface area (Å²) >= 11 is 0. The molecule has 0 rings (SSSR count). The Bertz CT molecular complexity index is 250. The van der Waals surface area contributed by atoms with Gasteiger partial charge in [-0.3, -0.25) is 0 Å². The Morgan fingerprint density at radius 2 is 1.00 bits per heavy atom. The minimum atomic E-state index is -4.75. The monoisotopic (exact) mass is 352 g/mol. The molecule has 22 heavy (non-hydrogen) atoms. The van der Waals surface area contributed by atoms with E-state index in [1.54, 1.807) is 0 Å². The predicted molar refractivity (Wildman–Crippen MR) is 79.3 cm³/mol. The predicted octanol–water partition coefficient (Wildman–Crippen LogP) is -2.07. The fourth-order valence-corrected chi connectivity index (χ4v) is 2.65. The van der Waals surface area contributed by atoms with Gasteiger partial charge < -0.3 is 18.9 Å². The van der Waals surface area contributed by atoms with Gasteiger partial charge in [-0.1, -0.05) is 84.0 Å². The SMILES string of the molecule is CCCCCCCCCCCCCCCOP(=O)([O-])[O-].[Na+].[Na+].